The van der Waals surface area contributed by atoms with Crippen LogP contribution < -0.4 is 5.32 Å². The molecule has 0 aromatic heterocycles. The molecule has 3 atom stereocenters. The van der Waals surface area contributed by atoms with Crippen LogP contribution in [0.5, 0.6) is 0 Å². The minimum atomic E-state index is 0.105. The van der Waals surface area contributed by atoms with Crippen LogP contribution in [-0.2, 0) is 0 Å². The summed E-state index contributed by atoms with van der Waals surface area (Å²) in [7, 11) is 0. The Morgan fingerprint density at radius 3 is 1.73 bits per heavy atom. The molecule has 0 aliphatic heterocycles. The van der Waals surface area contributed by atoms with Crippen molar-refractivity contribution in [3.8, 4) is 0 Å². The fourth-order valence-corrected chi connectivity index (χ4v) is 4.65. The van der Waals surface area contributed by atoms with Crippen molar-refractivity contribution in [2.75, 3.05) is 65.6 Å². The Labute approximate surface area is 204 Å². The molecule has 0 bridgehead atoms. The van der Waals surface area contributed by atoms with Crippen molar-refractivity contribution in [3.63, 3.8) is 0 Å². The van der Waals surface area contributed by atoms with Gasteiger partial charge >= 0.3 is 0 Å². The Morgan fingerprint density at radius 1 is 0.606 bits per heavy atom. The monoisotopic (exact) mass is 475 g/mol. The molecule has 0 aromatic carbocycles. The maximum absolute atomic E-state index is 9.91. The molecule has 0 fully saturated rings. The highest BCUT2D eigenvalue weighted by atomic mass is 16.3. The summed E-state index contributed by atoms with van der Waals surface area (Å²) in [4.78, 5) is 9.78. The second-order valence-corrected chi connectivity index (χ2v) is 9.31. The van der Waals surface area contributed by atoms with Crippen LogP contribution in [0.15, 0.2) is 0 Å². The molecule has 0 aromatic rings. The molecule has 0 heterocycles. The minimum Gasteiger partial charge on any atom is -0.396 e. The Hall–Kier alpha value is -0.320. The molecule has 4 N–H and O–H groups in total. The maximum Gasteiger partial charge on any atom is 0.0621 e. The first-order valence-corrected chi connectivity index (χ1v) is 13.3. The molecule has 0 spiro atoms. The quantitative estimate of drug-likeness (QED) is 0.139. The van der Waals surface area contributed by atoms with Gasteiger partial charge in [-0.15, -0.1) is 0 Å². The molecule has 0 saturated carbocycles. The molecule has 0 saturated heterocycles. The summed E-state index contributed by atoms with van der Waals surface area (Å²) < 4.78 is 0. The number of aliphatic hydroxyl groups excluding tert-OH is 3. The standard InChI is InChI=1S/C25H57N5O3/c1-8-27(9-2)16-17-28(22(3)4)24(6)30(18-21-33)25(7)29(15-13-20-32)23(5)26-14-11-10-12-19-31/h22-26,31-33H,8-21H2,1-7H3. The fourth-order valence-electron chi connectivity index (χ4n) is 4.65. The molecule has 200 valence electrons. The number of rotatable bonds is 22. The van der Waals surface area contributed by atoms with Gasteiger partial charge in [-0.05, 0) is 79.9 Å². The predicted molar refractivity (Wildman–Crippen MR) is 139 cm³/mol. The number of nitrogens with one attached hydrogen (secondary N) is 1. The number of likely N-dealkylation sites (N-methyl/N-ethyl adjacent to an activating group) is 1. The fraction of sp³-hybridized carbons (Fsp3) is 1.00. The number of aliphatic hydroxyl groups is 3. The van der Waals surface area contributed by atoms with Gasteiger partial charge in [-0.3, -0.25) is 14.7 Å². The van der Waals surface area contributed by atoms with Crippen LogP contribution >= 0.6 is 0 Å². The molecule has 0 amide bonds. The van der Waals surface area contributed by atoms with Gasteiger partial charge < -0.3 is 25.5 Å². The second kappa shape index (κ2) is 19.9. The van der Waals surface area contributed by atoms with E-state index < -0.39 is 0 Å². The van der Waals surface area contributed by atoms with E-state index in [1.54, 1.807) is 0 Å². The third kappa shape index (κ3) is 12.8. The summed E-state index contributed by atoms with van der Waals surface area (Å²) >= 11 is 0. The van der Waals surface area contributed by atoms with E-state index in [4.69, 9.17) is 5.11 Å². The third-order valence-corrected chi connectivity index (χ3v) is 6.86. The Balaban J connectivity index is 5.42. The maximum atomic E-state index is 9.91. The van der Waals surface area contributed by atoms with Crippen LogP contribution in [0.3, 0.4) is 0 Å². The van der Waals surface area contributed by atoms with Crippen LogP contribution in [0.2, 0.25) is 0 Å². The lowest BCUT2D eigenvalue weighted by Gasteiger charge is -2.47. The third-order valence-electron chi connectivity index (χ3n) is 6.86. The van der Waals surface area contributed by atoms with E-state index in [1.807, 2.05) is 0 Å². The van der Waals surface area contributed by atoms with Crippen molar-refractivity contribution in [2.24, 2.45) is 0 Å². The first-order valence-electron chi connectivity index (χ1n) is 13.3. The highest BCUT2D eigenvalue weighted by Gasteiger charge is 2.31. The van der Waals surface area contributed by atoms with Crippen LogP contribution in [0.1, 0.15) is 74.1 Å². The molecule has 0 rings (SSSR count). The topological polar surface area (TPSA) is 85.7 Å². The Kier molecular flexibility index (Phi) is 19.7. The molecule has 0 aliphatic rings. The number of hydrogen-bond acceptors (Lipinski definition) is 8. The van der Waals surface area contributed by atoms with Crippen LogP contribution in [0.4, 0.5) is 0 Å². The highest BCUT2D eigenvalue weighted by Crippen LogP contribution is 2.18. The summed E-state index contributed by atoms with van der Waals surface area (Å²) in [6, 6.07) is 0.400. The lowest BCUT2D eigenvalue weighted by molar-refractivity contribution is -0.0681. The van der Waals surface area contributed by atoms with Crippen LogP contribution in [0.25, 0.3) is 0 Å². The van der Waals surface area contributed by atoms with Crippen molar-refractivity contribution in [2.45, 2.75) is 98.7 Å². The van der Waals surface area contributed by atoms with E-state index in [1.165, 1.54) is 0 Å². The zero-order chi connectivity index (χ0) is 25.2. The average molecular weight is 476 g/mol. The van der Waals surface area contributed by atoms with Gasteiger partial charge in [-0.25, -0.2) is 0 Å². The van der Waals surface area contributed by atoms with Crippen LogP contribution in [-0.4, -0.2) is 125 Å². The molecule has 8 nitrogen and oxygen atoms in total. The van der Waals surface area contributed by atoms with E-state index in [0.29, 0.717) is 12.6 Å². The average Bonchev–Trinajstić information content (AvgIpc) is 2.79. The van der Waals surface area contributed by atoms with E-state index in [2.05, 4.69) is 73.4 Å². The smallest absolute Gasteiger partial charge is 0.0621 e. The second-order valence-electron chi connectivity index (χ2n) is 9.31. The van der Waals surface area contributed by atoms with Gasteiger partial charge in [0.15, 0.2) is 0 Å². The molecule has 0 aliphatic carbocycles. The van der Waals surface area contributed by atoms with Gasteiger partial charge in [0.2, 0.25) is 0 Å². The Morgan fingerprint density at radius 2 is 1.21 bits per heavy atom. The lowest BCUT2D eigenvalue weighted by Crippen LogP contribution is -2.61. The van der Waals surface area contributed by atoms with Gasteiger partial charge in [0, 0.05) is 45.4 Å². The Bertz CT molecular complexity index is 440. The predicted octanol–water partition coefficient (Wildman–Crippen LogP) is 1.81. The van der Waals surface area contributed by atoms with E-state index in [0.717, 1.165) is 65.0 Å². The van der Waals surface area contributed by atoms with Gasteiger partial charge in [0.25, 0.3) is 0 Å². The van der Waals surface area contributed by atoms with E-state index >= 15 is 0 Å². The van der Waals surface area contributed by atoms with Gasteiger partial charge in [-0.1, -0.05) is 13.8 Å². The van der Waals surface area contributed by atoms with E-state index in [9.17, 15) is 10.2 Å². The van der Waals surface area contributed by atoms with Gasteiger partial charge in [-0.2, -0.15) is 0 Å². The summed E-state index contributed by atoms with van der Waals surface area (Å²) in [5.74, 6) is 0. The van der Waals surface area contributed by atoms with E-state index in [-0.39, 0.29) is 38.3 Å². The number of nitrogens with zero attached hydrogens (tertiary/aromatic N) is 4. The van der Waals surface area contributed by atoms with Crippen molar-refractivity contribution < 1.29 is 15.3 Å². The lowest BCUT2D eigenvalue weighted by atomic mass is 10.2. The molecule has 33 heavy (non-hydrogen) atoms. The first-order chi connectivity index (χ1) is 15.8. The van der Waals surface area contributed by atoms with Crippen molar-refractivity contribution in [1.29, 1.82) is 0 Å². The van der Waals surface area contributed by atoms with Crippen molar-refractivity contribution in [3.05, 3.63) is 0 Å². The zero-order valence-electron chi connectivity index (χ0n) is 22.8. The number of hydrogen-bond donors (Lipinski definition) is 4. The normalized spacial score (nSPS) is 15.4. The first kappa shape index (κ1) is 32.7. The number of unbranched alkanes of at least 4 members (excludes halogenated alkanes) is 2. The SMILES string of the molecule is CCN(CC)CCN(C(C)C)C(C)N(CCO)C(C)N(CCCO)C(C)NCCCCCO. The van der Waals surface area contributed by atoms with Gasteiger partial charge in [0.05, 0.1) is 25.1 Å². The van der Waals surface area contributed by atoms with Crippen LogP contribution in [0, 0.1) is 0 Å². The molecular weight excluding hydrogens is 418 g/mol. The summed E-state index contributed by atoms with van der Waals surface area (Å²) in [6.07, 6.45) is 4.06. The zero-order valence-corrected chi connectivity index (χ0v) is 22.8. The summed E-state index contributed by atoms with van der Waals surface area (Å²) in [5, 5.41) is 32.0. The minimum absolute atomic E-state index is 0.105. The summed E-state index contributed by atoms with van der Waals surface area (Å²) in [5.41, 5.74) is 0. The van der Waals surface area contributed by atoms with Crippen molar-refractivity contribution in [1.82, 2.24) is 24.9 Å². The molecule has 3 unspecified atom stereocenters. The summed E-state index contributed by atoms with van der Waals surface area (Å²) in [6.45, 7) is 22.6. The molecular formula is C25H57N5O3. The molecule has 8 heteroatoms. The highest BCUT2D eigenvalue weighted by molar-refractivity contribution is 4.81. The largest absolute Gasteiger partial charge is 0.396 e. The molecule has 0 radical (unpaired) electrons. The van der Waals surface area contributed by atoms with Gasteiger partial charge in [0.1, 0.15) is 0 Å². The van der Waals surface area contributed by atoms with Crippen molar-refractivity contribution >= 4 is 0 Å².